The molecule has 0 spiro atoms. The van der Waals surface area contributed by atoms with E-state index in [1.807, 2.05) is 30.5 Å². The van der Waals surface area contributed by atoms with Crippen LogP contribution in [0.5, 0.6) is 0 Å². The number of hydrogen-bond donors (Lipinski definition) is 0. The topological polar surface area (TPSA) is 52.8 Å². The molecule has 2 aliphatic rings. The van der Waals surface area contributed by atoms with Crippen LogP contribution in [0.25, 0.3) is 0 Å². The number of nitrogens with zero attached hydrogens (tertiary/aromatic N) is 4. The van der Waals surface area contributed by atoms with Crippen LogP contribution in [-0.2, 0) is 17.9 Å². The van der Waals surface area contributed by atoms with E-state index in [-0.39, 0.29) is 5.92 Å². The second kappa shape index (κ2) is 9.34. The summed E-state index contributed by atoms with van der Waals surface area (Å²) in [4.78, 5) is 24.5. The first-order valence-corrected chi connectivity index (χ1v) is 10.4. The van der Waals surface area contributed by atoms with Gasteiger partial charge in [-0.3, -0.25) is 19.6 Å². The highest BCUT2D eigenvalue weighted by Gasteiger charge is 2.30. The second-order valence-electron chi connectivity index (χ2n) is 7.93. The van der Waals surface area contributed by atoms with Crippen molar-refractivity contribution in [3.63, 3.8) is 0 Å². The Labute approximate surface area is 167 Å². The van der Waals surface area contributed by atoms with Crippen LogP contribution < -0.4 is 0 Å². The molecule has 2 aromatic rings. The van der Waals surface area contributed by atoms with Crippen molar-refractivity contribution in [1.82, 2.24) is 19.7 Å². The molecule has 0 aromatic carbocycles. The summed E-state index contributed by atoms with van der Waals surface area (Å²) < 4.78 is 5.48. The summed E-state index contributed by atoms with van der Waals surface area (Å²) >= 11 is 0. The highest BCUT2D eigenvalue weighted by atomic mass is 16.3. The van der Waals surface area contributed by atoms with Crippen LogP contribution in [0.4, 0.5) is 0 Å². The molecule has 6 nitrogen and oxygen atoms in total. The number of carbonyl (C=O) groups excluding carboxylic acids is 1. The summed E-state index contributed by atoms with van der Waals surface area (Å²) in [6, 6.07) is 9.99. The van der Waals surface area contributed by atoms with E-state index in [1.54, 1.807) is 6.26 Å². The lowest BCUT2D eigenvalue weighted by atomic mass is 9.96. The van der Waals surface area contributed by atoms with Crippen LogP contribution in [0.3, 0.4) is 0 Å². The number of furan rings is 1. The minimum atomic E-state index is 0.117. The van der Waals surface area contributed by atoms with Crippen molar-refractivity contribution in [2.24, 2.45) is 5.92 Å². The van der Waals surface area contributed by atoms with Gasteiger partial charge in [0.25, 0.3) is 0 Å². The minimum Gasteiger partial charge on any atom is -0.468 e. The number of pyridine rings is 1. The number of likely N-dealkylation sites (tertiary alicyclic amines) is 1. The predicted octanol–water partition coefficient (Wildman–Crippen LogP) is 2.62. The van der Waals surface area contributed by atoms with Gasteiger partial charge in [-0.1, -0.05) is 6.07 Å². The lowest BCUT2D eigenvalue weighted by Gasteiger charge is -2.34. The fourth-order valence-electron chi connectivity index (χ4n) is 4.35. The smallest absolute Gasteiger partial charge is 0.227 e. The molecule has 0 aliphatic carbocycles. The summed E-state index contributed by atoms with van der Waals surface area (Å²) in [5, 5.41) is 0. The summed E-state index contributed by atoms with van der Waals surface area (Å²) in [7, 11) is 0. The molecular formula is C22H30N4O2. The van der Waals surface area contributed by atoms with Gasteiger partial charge in [-0.25, -0.2) is 0 Å². The van der Waals surface area contributed by atoms with E-state index in [4.69, 9.17) is 4.42 Å². The lowest BCUT2D eigenvalue weighted by Crippen LogP contribution is -2.45. The highest BCUT2D eigenvalue weighted by Crippen LogP contribution is 2.21. The molecule has 0 N–H and O–H groups in total. The number of amides is 1. The standard InChI is InChI=1S/C22H30N4O2/c27-22(19-6-3-10-25(16-19)18-21-8-4-15-28-21)26-12-5-11-24(13-14-26)17-20-7-1-2-9-23-20/h1-2,4,7-9,15,19H,3,5-6,10-14,16-18H2. The minimum absolute atomic E-state index is 0.117. The average molecular weight is 383 g/mol. The molecule has 0 bridgehead atoms. The van der Waals surface area contributed by atoms with E-state index in [9.17, 15) is 4.79 Å². The molecule has 2 saturated heterocycles. The van der Waals surface area contributed by atoms with E-state index in [0.29, 0.717) is 5.91 Å². The van der Waals surface area contributed by atoms with Gasteiger partial charge < -0.3 is 9.32 Å². The lowest BCUT2D eigenvalue weighted by molar-refractivity contribution is -0.137. The van der Waals surface area contributed by atoms with Crippen LogP contribution in [0.2, 0.25) is 0 Å². The van der Waals surface area contributed by atoms with Gasteiger partial charge in [0, 0.05) is 45.5 Å². The summed E-state index contributed by atoms with van der Waals surface area (Å²) in [6.07, 6.45) is 6.68. The van der Waals surface area contributed by atoms with Gasteiger partial charge >= 0.3 is 0 Å². The molecule has 150 valence electrons. The maximum Gasteiger partial charge on any atom is 0.227 e. The Morgan fingerprint density at radius 3 is 2.75 bits per heavy atom. The second-order valence-corrected chi connectivity index (χ2v) is 7.93. The van der Waals surface area contributed by atoms with Gasteiger partial charge in [-0.05, 0) is 50.1 Å². The van der Waals surface area contributed by atoms with Crippen molar-refractivity contribution in [2.45, 2.75) is 32.4 Å². The van der Waals surface area contributed by atoms with E-state index in [0.717, 1.165) is 83.1 Å². The Morgan fingerprint density at radius 2 is 1.93 bits per heavy atom. The number of carbonyl (C=O) groups is 1. The monoisotopic (exact) mass is 382 g/mol. The quantitative estimate of drug-likeness (QED) is 0.796. The Hall–Kier alpha value is -2.18. The van der Waals surface area contributed by atoms with Gasteiger partial charge in [-0.2, -0.15) is 0 Å². The van der Waals surface area contributed by atoms with Crippen LogP contribution in [0.1, 0.15) is 30.7 Å². The third-order valence-electron chi connectivity index (χ3n) is 5.83. The Bertz CT molecular complexity index is 734. The zero-order valence-corrected chi connectivity index (χ0v) is 16.5. The van der Waals surface area contributed by atoms with Gasteiger partial charge in [0.15, 0.2) is 0 Å². The third-order valence-corrected chi connectivity index (χ3v) is 5.83. The number of hydrogen-bond acceptors (Lipinski definition) is 5. The van der Waals surface area contributed by atoms with Crippen LogP contribution in [-0.4, -0.2) is 64.9 Å². The Balaban J connectivity index is 1.29. The van der Waals surface area contributed by atoms with Crippen molar-refractivity contribution in [1.29, 1.82) is 0 Å². The van der Waals surface area contributed by atoms with Crippen LogP contribution >= 0.6 is 0 Å². The summed E-state index contributed by atoms with van der Waals surface area (Å²) in [5.74, 6) is 1.43. The number of rotatable bonds is 5. The molecule has 1 atom stereocenters. The van der Waals surface area contributed by atoms with E-state index in [2.05, 4.69) is 25.8 Å². The predicted molar refractivity (Wildman–Crippen MR) is 107 cm³/mol. The van der Waals surface area contributed by atoms with Crippen LogP contribution in [0, 0.1) is 5.92 Å². The first kappa shape index (κ1) is 19.2. The molecule has 0 saturated carbocycles. The zero-order chi connectivity index (χ0) is 19.2. The third kappa shape index (κ3) is 5.00. The maximum absolute atomic E-state index is 13.2. The molecule has 1 amide bonds. The molecule has 4 heterocycles. The average Bonchev–Trinajstić information content (AvgIpc) is 3.13. The number of piperidine rings is 1. The van der Waals surface area contributed by atoms with Crippen molar-refractivity contribution in [2.75, 3.05) is 39.3 Å². The van der Waals surface area contributed by atoms with E-state index >= 15 is 0 Å². The van der Waals surface area contributed by atoms with Gasteiger partial charge in [0.1, 0.15) is 5.76 Å². The van der Waals surface area contributed by atoms with E-state index in [1.165, 1.54) is 0 Å². The molecule has 6 heteroatoms. The molecule has 0 radical (unpaired) electrons. The van der Waals surface area contributed by atoms with E-state index < -0.39 is 0 Å². The van der Waals surface area contributed by atoms with Gasteiger partial charge in [0.05, 0.1) is 24.4 Å². The molecule has 1 unspecified atom stereocenters. The van der Waals surface area contributed by atoms with Crippen molar-refractivity contribution in [3.8, 4) is 0 Å². The van der Waals surface area contributed by atoms with Crippen molar-refractivity contribution < 1.29 is 9.21 Å². The maximum atomic E-state index is 13.2. The molecule has 2 fully saturated rings. The SMILES string of the molecule is O=C(C1CCCN(Cc2ccco2)C1)N1CCCN(Cc2ccccn2)CC1. The van der Waals surface area contributed by atoms with Crippen LogP contribution in [0.15, 0.2) is 47.2 Å². The molecule has 28 heavy (non-hydrogen) atoms. The molecular weight excluding hydrogens is 352 g/mol. The van der Waals surface area contributed by atoms with Crippen molar-refractivity contribution in [3.05, 3.63) is 54.2 Å². The Morgan fingerprint density at radius 1 is 1.00 bits per heavy atom. The summed E-state index contributed by atoms with van der Waals surface area (Å²) in [6.45, 7) is 7.18. The summed E-state index contributed by atoms with van der Waals surface area (Å²) in [5.41, 5.74) is 1.10. The number of aromatic nitrogens is 1. The largest absolute Gasteiger partial charge is 0.468 e. The molecule has 2 aliphatic heterocycles. The zero-order valence-electron chi connectivity index (χ0n) is 16.5. The Kier molecular flexibility index (Phi) is 6.39. The fourth-order valence-corrected chi connectivity index (χ4v) is 4.35. The first-order valence-electron chi connectivity index (χ1n) is 10.4. The highest BCUT2D eigenvalue weighted by molar-refractivity contribution is 5.79. The first-order chi connectivity index (χ1) is 13.8. The molecule has 4 rings (SSSR count). The van der Waals surface area contributed by atoms with Gasteiger partial charge in [-0.15, -0.1) is 0 Å². The normalized spacial score (nSPS) is 22.1. The van der Waals surface area contributed by atoms with Gasteiger partial charge in [0.2, 0.25) is 5.91 Å². The fraction of sp³-hybridized carbons (Fsp3) is 0.545. The van der Waals surface area contributed by atoms with Crippen molar-refractivity contribution >= 4 is 5.91 Å². The molecule has 2 aromatic heterocycles.